The second-order valence-electron chi connectivity index (χ2n) is 7.80. The average molecular weight is 443 g/mol. The van der Waals surface area contributed by atoms with Gasteiger partial charge >= 0.3 is 0 Å². The van der Waals surface area contributed by atoms with Crippen LogP contribution in [-0.2, 0) is 4.75 Å². The third-order valence-electron chi connectivity index (χ3n) is 5.76. The van der Waals surface area contributed by atoms with Crippen molar-refractivity contribution >= 4 is 11.8 Å². The molecule has 0 bridgehead atoms. The van der Waals surface area contributed by atoms with Crippen molar-refractivity contribution in [3.8, 4) is 11.5 Å². The zero-order chi connectivity index (χ0) is 22.1. The predicted octanol–water partition coefficient (Wildman–Crippen LogP) is 7.42. The number of thioether (sulfide) groups is 1. The minimum atomic E-state index is -0.231. The fourth-order valence-electron chi connectivity index (χ4n) is 4.18. The van der Waals surface area contributed by atoms with E-state index in [9.17, 15) is 0 Å². The summed E-state index contributed by atoms with van der Waals surface area (Å²) in [6.45, 7) is 0.712. The molecule has 0 aromatic heterocycles. The summed E-state index contributed by atoms with van der Waals surface area (Å²) in [4.78, 5) is 0. The van der Waals surface area contributed by atoms with Crippen LogP contribution in [0.2, 0.25) is 0 Å². The van der Waals surface area contributed by atoms with Crippen molar-refractivity contribution in [1.82, 2.24) is 0 Å². The van der Waals surface area contributed by atoms with Gasteiger partial charge in [-0.1, -0.05) is 78.9 Å². The molecule has 1 atom stereocenters. The molecule has 3 aromatic carbocycles. The highest BCUT2D eigenvalue weighted by molar-refractivity contribution is 8.00. The molecule has 2 nitrogen and oxygen atoms in total. The van der Waals surface area contributed by atoms with Gasteiger partial charge in [-0.15, -0.1) is 11.8 Å². The van der Waals surface area contributed by atoms with Gasteiger partial charge in [0.05, 0.1) is 18.5 Å². The van der Waals surface area contributed by atoms with Crippen molar-refractivity contribution in [2.75, 3.05) is 19.5 Å². The quantitative estimate of drug-likeness (QED) is 0.304. The zero-order valence-corrected chi connectivity index (χ0v) is 19.4. The standard InChI is InChI=1S/C29H30O2S/c1-30-27-20-18-26(19-21-27)29(24-12-5-2-6-13-24,25-14-7-3-8-15-25)32-23-11-22-31-28-16-9-4-10-17-28/h2-7,9-10,12-14,16-21H,8,11,15,22-23H2,1H3. The minimum absolute atomic E-state index is 0.231. The Kier molecular flexibility index (Phi) is 7.73. The fourth-order valence-corrected chi connectivity index (χ4v) is 5.71. The number of methoxy groups -OCH3 is 1. The maximum absolute atomic E-state index is 5.95. The molecule has 164 valence electrons. The Morgan fingerprint density at radius 3 is 2.16 bits per heavy atom. The molecule has 0 spiro atoms. The summed E-state index contributed by atoms with van der Waals surface area (Å²) in [5.74, 6) is 2.81. The molecule has 0 heterocycles. The van der Waals surface area contributed by atoms with Gasteiger partial charge in [0.2, 0.25) is 0 Å². The predicted molar refractivity (Wildman–Crippen MR) is 136 cm³/mol. The van der Waals surface area contributed by atoms with Gasteiger partial charge in [0.15, 0.2) is 0 Å². The van der Waals surface area contributed by atoms with E-state index in [4.69, 9.17) is 9.47 Å². The van der Waals surface area contributed by atoms with Crippen molar-refractivity contribution in [1.29, 1.82) is 0 Å². The molecule has 0 saturated heterocycles. The van der Waals surface area contributed by atoms with Gasteiger partial charge in [-0.2, -0.15) is 0 Å². The largest absolute Gasteiger partial charge is 0.497 e. The van der Waals surface area contributed by atoms with Gasteiger partial charge in [0.25, 0.3) is 0 Å². The van der Waals surface area contributed by atoms with Crippen molar-refractivity contribution < 1.29 is 9.47 Å². The highest BCUT2D eigenvalue weighted by Gasteiger charge is 2.38. The lowest BCUT2D eigenvalue weighted by atomic mass is 9.80. The first-order valence-corrected chi connectivity index (χ1v) is 12.2. The molecule has 32 heavy (non-hydrogen) atoms. The Hall–Kier alpha value is -2.91. The molecule has 1 unspecified atom stereocenters. The minimum Gasteiger partial charge on any atom is -0.497 e. The second kappa shape index (κ2) is 11.1. The van der Waals surface area contributed by atoms with E-state index in [1.807, 2.05) is 42.1 Å². The molecule has 0 fully saturated rings. The van der Waals surface area contributed by atoms with Crippen LogP contribution in [0.25, 0.3) is 0 Å². The Balaban J connectivity index is 1.62. The van der Waals surface area contributed by atoms with Crippen LogP contribution in [-0.4, -0.2) is 19.5 Å². The van der Waals surface area contributed by atoms with E-state index < -0.39 is 0 Å². The summed E-state index contributed by atoms with van der Waals surface area (Å²) in [5, 5.41) is 0. The number of ether oxygens (including phenoxy) is 2. The van der Waals surface area contributed by atoms with Crippen LogP contribution in [0.5, 0.6) is 11.5 Å². The van der Waals surface area contributed by atoms with E-state index in [1.54, 1.807) is 7.11 Å². The van der Waals surface area contributed by atoms with Crippen LogP contribution < -0.4 is 9.47 Å². The van der Waals surface area contributed by atoms with Crippen molar-refractivity contribution in [2.45, 2.75) is 24.0 Å². The fraction of sp³-hybridized carbons (Fsp3) is 0.241. The first-order valence-electron chi connectivity index (χ1n) is 11.2. The third kappa shape index (κ3) is 5.11. The number of allylic oxidation sites excluding steroid dienone is 3. The van der Waals surface area contributed by atoms with Gasteiger partial charge < -0.3 is 9.47 Å². The smallest absolute Gasteiger partial charge is 0.119 e. The molecule has 4 rings (SSSR count). The summed E-state index contributed by atoms with van der Waals surface area (Å²) in [6, 6.07) is 29.6. The molecule has 3 heteroatoms. The Bertz CT molecular complexity index is 1030. The third-order valence-corrected chi connectivity index (χ3v) is 7.42. The van der Waals surface area contributed by atoms with Gasteiger partial charge in [-0.3, -0.25) is 0 Å². The Labute approximate surface area is 196 Å². The van der Waals surface area contributed by atoms with Crippen LogP contribution in [0.1, 0.15) is 30.4 Å². The summed E-state index contributed by atoms with van der Waals surface area (Å²) >= 11 is 2.01. The average Bonchev–Trinajstić information content (AvgIpc) is 2.88. The van der Waals surface area contributed by atoms with E-state index in [2.05, 4.69) is 72.8 Å². The zero-order valence-electron chi connectivity index (χ0n) is 18.6. The topological polar surface area (TPSA) is 18.5 Å². The maximum atomic E-state index is 5.95. The molecule has 0 N–H and O–H groups in total. The lowest BCUT2D eigenvalue weighted by molar-refractivity contribution is 0.318. The SMILES string of the molecule is COc1ccc(C(SCCCOc2ccccc2)(C2=CC=CCC2)c2ccccc2)cc1. The normalized spacial score (nSPS) is 15.0. The highest BCUT2D eigenvalue weighted by Crippen LogP contribution is 2.51. The summed E-state index contributed by atoms with van der Waals surface area (Å²) in [6.07, 6.45) is 9.89. The lowest BCUT2D eigenvalue weighted by Gasteiger charge is -2.38. The maximum Gasteiger partial charge on any atom is 0.119 e. The van der Waals surface area contributed by atoms with Crippen molar-refractivity contribution in [3.05, 3.63) is 120 Å². The molecule has 3 aromatic rings. The van der Waals surface area contributed by atoms with E-state index in [0.717, 1.165) is 36.5 Å². The first kappa shape index (κ1) is 22.3. The molecule has 0 aliphatic heterocycles. The highest BCUT2D eigenvalue weighted by atomic mass is 32.2. The van der Waals surface area contributed by atoms with Crippen LogP contribution in [0.15, 0.2) is 109 Å². The van der Waals surface area contributed by atoms with Crippen LogP contribution in [0.3, 0.4) is 0 Å². The summed E-state index contributed by atoms with van der Waals surface area (Å²) in [5.41, 5.74) is 4.06. The molecule has 1 aliphatic rings. The lowest BCUT2D eigenvalue weighted by Crippen LogP contribution is -2.28. The van der Waals surface area contributed by atoms with E-state index >= 15 is 0 Å². The van der Waals surface area contributed by atoms with Gasteiger partial charge in [0.1, 0.15) is 11.5 Å². The monoisotopic (exact) mass is 442 g/mol. The van der Waals surface area contributed by atoms with Gasteiger partial charge in [-0.25, -0.2) is 0 Å². The number of hydrogen-bond donors (Lipinski definition) is 0. The Morgan fingerprint density at radius 2 is 1.50 bits per heavy atom. The Morgan fingerprint density at radius 1 is 0.812 bits per heavy atom. The van der Waals surface area contributed by atoms with Gasteiger partial charge in [-0.05, 0) is 66.0 Å². The summed E-state index contributed by atoms with van der Waals surface area (Å²) < 4.78 is 11.2. The first-order chi connectivity index (χ1) is 15.8. The van der Waals surface area contributed by atoms with Crippen LogP contribution in [0, 0.1) is 0 Å². The van der Waals surface area contributed by atoms with E-state index in [0.29, 0.717) is 6.61 Å². The summed E-state index contributed by atoms with van der Waals surface area (Å²) in [7, 11) is 1.72. The van der Waals surface area contributed by atoms with Crippen LogP contribution >= 0.6 is 11.8 Å². The van der Waals surface area contributed by atoms with Crippen LogP contribution in [0.4, 0.5) is 0 Å². The molecule has 1 aliphatic carbocycles. The van der Waals surface area contributed by atoms with E-state index in [-0.39, 0.29) is 4.75 Å². The van der Waals surface area contributed by atoms with E-state index in [1.165, 1.54) is 16.7 Å². The number of para-hydroxylation sites is 1. The number of benzene rings is 3. The number of hydrogen-bond acceptors (Lipinski definition) is 3. The molecule has 0 saturated carbocycles. The van der Waals surface area contributed by atoms with Gasteiger partial charge in [0, 0.05) is 0 Å². The van der Waals surface area contributed by atoms with Crippen molar-refractivity contribution in [3.63, 3.8) is 0 Å². The van der Waals surface area contributed by atoms with Crippen molar-refractivity contribution in [2.24, 2.45) is 0 Å². The molecule has 0 amide bonds. The molecule has 0 radical (unpaired) electrons. The number of rotatable bonds is 10. The molecular formula is C29H30O2S. The molecular weight excluding hydrogens is 412 g/mol. The second-order valence-corrected chi connectivity index (χ2v) is 9.11.